The van der Waals surface area contributed by atoms with E-state index >= 15 is 0 Å². The van der Waals surface area contributed by atoms with Gasteiger partial charge >= 0.3 is 6.09 Å². The highest BCUT2D eigenvalue weighted by molar-refractivity contribution is 5.64. The highest BCUT2D eigenvalue weighted by Crippen LogP contribution is 2.27. The Hall–Kier alpha value is -1.91. The average Bonchev–Trinajstić information content (AvgIpc) is 2.50. The second kappa shape index (κ2) is 10.8. The minimum absolute atomic E-state index is 0.184. The molecule has 3 N–H and O–H groups in total. The maximum Gasteiger partial charge on any atom is 0.404 e. The Morgan fingerprint density at radius 3 is 2.36 bits per heavy atom. The predicted octanol–water partition coefficient (Wildman–Crippen LogP) is 3.94. The van der Waals surface area contributed by atoms with Gasteiger partial charge in [-0.15, -0.1) is 0 Å². The molecule has 0 aliphatic rings. The molecule has 0 bridgehead atoms. The lowest BCUT2D eigenvalue weighted by molar-refractivity contribution is 0.194. The third kappa shape index (κ3) is 7.76. The van der Waals surface area contributed by atoms with Gasteiger partial charge < -0.3 is 20.3 Å². The van der Waals surface area contributed by atoms with Gasteiger partial charge in [0.2, 0.25) is 0 Å². The molecule has 0 unspecified atom stereocenters. The van der Waals surface area contributed by atoms with Gasteiger partial charge in [0.05, 0.1) is 7.11 Å². The minimum Gasteiger partial charge on any atom is -0.504 e. The SMILES string of the molecule is COc1cc(CCCCCCCCCNC(=O)O)ccc1O. The van der Waals surface area contributed by atoms with E-state index < -0.39 is 6.09 Å². The lowest BCUT2D eigenvalue weighted by atomic mass is 10.0. The molecule has 1 amide bonds. The van der Waals surface area contributed by atoms with Crippen molar-refractivity contribution in [3.8, 4) is 11.5 Å². The molecule has 1 aromatic carbocycles. The van der Waals surface area contributed by atoms with Gasteiger partial charge in [-0.1, -0.05) is 38.2 Å². The summed E-state index contributed by atoms with van der Waals surface area (Å²) in [5.41, 5.74) is 1.19. The number of phenolic OH excluding ortho intramolecular Hbond substituents is 1. The van der Waals surface area contributed by atoms with Crippen LogP contribution in [0, 0.1) is 0 Å². The quantitative estimate of drug-likeness (QED) is 0.541. The fourth-order valence-electron chi connectivity index (χ4n) is 2.41. The number of methoxy groups -OCH3 is 1. The first-order chi connectivity index (χ1) is 10.6. The number of aryl methyl sites for hydroxylation is 1. The number of hydrogen-bond acceptors (Lipinski definition) is 3. The first kappa shape index (κ1) is 18.1. The van der Waals surface area contributed by atoms with Crippen LogP contribution in [-0.4, -0.2) is 30.0 Å². The molecular formula is C17H27NO4. The van der Waals surface area contributed by atoms with Gasteiger partial charge in [-0.05, 0) is 37.0 Å². The Labute approximate surface area is 132 Å². The summed E-state index contributed by atoms with van der Waals surface area (Å²) in [7, 11) is 1.56. The zero-order valence-corrected chi connectivity index (χ0v) is 13.3. The molecule has 5 heteroatoms. The fraction of sp³-hybridized carbons (Fsp3) is 0.588. The summed E-state index contributed by atoms with van der Waals surface area (Å²) in [6.07, 6.45) is 7.95. The number of unbranched alkanes of at least 4 members (excludes halogenated alkanes) is 6. The van der Waals surface area contributed by atoms with Crippen molar-refractivity contribution in [1.29, 1.82) is 0 Å². The van der Waals surface area contributed by atoms with Crippen molar-refractivity contribution in [2.24, 2.45) is 0 Å². The van der Waals surface area contributed by atoms with Crippen LogP contribution in [0.2, 0.25) is 0 Å². The number of carboxylic acid groups (broad SMARTS) is 1. The molecule has 0 aliphatic carbocycles. The van der Waals surface area contributed by atoms with Gasteiger partial charge in [0.25, 0.3) is 0 Å². The predicted molar refractivity (Wildman–Crippen MR) is 86.7 cm³/mol. The van der Waals surface area contributed by atoms with Crippen LogP contribution < -0.4 is 10.1 Å². The molecule has 22 heavy (non-hydrogen) atoms. The van der Waals surface area contributed by atoms with Crippen molar-refractivity contribution in [2.75, 3.05) is 13.7 Å². The number of phenols is 1. The molecule has 124 valence electrons. The number of aromatic hydroxyl groups is 1. The number of carbonyl (C=O) groups is 1. The summed E-state index contributed by atoms with van der Waals surface area (Å²) in [4.78, 5) is 10.2. The lowest BCUT2D eigenvalue weighted by Gasteiger charge is -2.07. The number of nitrogens with one attached hydrogen (secondary N) is 1. The molecule has 0 saturated heterocycles. The zero-order chi connectivity index (χ0) is 16.2. The van der Waals surface area contributed by atoms with E-state index in [4.69, 9.17) is 9.84 Å². The molecule has 1 aromatic rings. The van der Waals surface area contributed by atoms with E-state index in [-0.39, 0.29) is 5.75 Å². The molecule has 0 spiro atoms. The van der Waals surface area contributed by atoms with Crippen LogP contribution in [0.4, 0.5) is 4.79 Å². The van der Waals surface area contributed by atoms with E-state index in [1.807, 2.05) is 12.1 Å². The molecule has 0 fully saturated rings. The number of rotatable bonds is 11. The monoisotopic (exact) mass is 309 g/mol. The smallest absolute Gasteiger partial charge is 0.404 e. The van der Waals surface area contributed by atoms with Crippen molar-refractivity contribution in [3.05, 3.63) is 23.8 Å². The third-order valence-electron chi connectivity index (χ3n) is 3.66. The van der Waals surface area contributed by atoms with Crippen LogP contribution >= 0.6 is 0 Å². The van der Waals surface area contributed by atoms with E-state index in [2.05, 4.69) is 5.32 Å². The van der Waals surface area contributed by atoms with E-state index in [0.717, 1.165) is 32.1 Å². The van der Waals surface area contributed by atoms with Crippen molar-refractivity contribution >= 4 is 6.09 Å². The molecule has 5 nitrogen and oxygen atoms in total. The first-order valence-electron chi connectivity index (χ1n) is 7.96. The Balaban J connectivity index is 2.00. The van der Waals surface area contributed by atoms with Gasteiger partial charge in [0, 0.05) is 6.54 Å². The summed E-state index contributed by atoms with van der Waals surface area (Å²) in [6, 6.07) is 5.51. The maximum atomic E-state index is 10.2. The molecule has 1 rings (SSSR count). The van der Waals surface area contributed by atoms with Gasteiger partial charge in [-0.3, -0.25) is 0 Å². The van der Waals surface area contributed by atoms with E-state index in [1.165, 1.54) is 24.8 Å². The molecule has 0 aliphatic heterocycles. The largest absolute Gasteiger partial charge is 0.504 e. The topological polar surface area (TPSA) is 78.8 Å². The molecule has 0 saturated carbocycles. The minimum atomic E-state index is -0.939. The van der Waals surface area contributed by atoms with Crippen LogP contribution in [0.3, 0.4) is 0 Å². The standard InChI is InChI=1S/C17H27NO4/c1-22-16-13-14(10-11-15(16)19)9-7-5-3-2-4-6-8-12-18-17(20)21/h10-11,13,18-19H,2-9,12H2,1H3,(H,20,21). The molecule has 0 radical (unpaired) electrons. The summed E-state index contributed by atoms with van der Waals surface area (Å²) >= 11 is 0. The fourth-order valence-corrected chi connectivity index (χ4v) is 2.41. The molecule has 0 aromatic heterocycles. The molecule has 0 heterocycles. The third-order valence-corrected chi connectivity index (χ3v) is 3.66. The Morgan fingerprint density at radius 2 is 1.73 bits per heavy atom. The highest BCUT2D eigenvalue weighted by atomic mass is 16.5. The normalized spacial score (nSPS) is 10.4. The van der Waals surface area contributed by atoms with Crippen LogP contribution in [0.1, 0.15) is 50.5 Å². The van der Waals surface area contributed by atoms with Crippen LogP contribution in [0.5, 0.6) is 11.5 Å². The summed E-state index contributed by atoms with van der Waals surface area (Å²) < 4.78 is 5.10. The highest BCUT2D eigenvalue weighted by Gasteiger charge is 2.02. The number of amides is 1. The Bertz CT molecular complexity index is 448. The number of ether oxygens (including phenoxy) is 1. The Kier molecular flexibility index (Phi) is 8.88. The van der Waals surface area contributed by atoms with Gasteiger partial charge in [0.15, 0.2) is 11.5 Å². The van der Waals surface area contributed by atoms with Crippen molar-refractivity contribution in [3.63, 3.8) is 0 Å². The maximum absolute atomic E-state index is 10.2. The second-order valence-electron chi connectivity index (χ2n) is 5.46. The summed E-state index contributed by atoms with van der Waals surface area (Å²) in [5.74, 6) is 0.719. The average molecular weight is 309 g/mol. The van der Waals surface area contributed by atoms with Crippen molar-refractivity contribution in [1.82, 2.24) is 5.32 Å². The zero-order valence-electron chi connectivity index (χ0n) is 13.3. The van der Waals surface area contributed by atoms with Crippen molar-refractivity contribution in [2.45, 2.75) is 51.4 Å². The van der Waals surface area contributed by atoms with Gasteiger partial charge in [-0.25, -0.2) is 4.79 Å². The van der Waals surface area contributed by atoms with Crippen molar-refractivity contribution < 1.29 is 19.7 Å². The van der Waals surface area contributed by atoms with Gasteiger partial charge in [-0.2, -0.15) is 0 Å². The van der Waals surface area contributed by atoms with E-state index in [0.29, 0.717) is 12.3 Å². The summed E-state index contributed by atoms with van der Waals surface area (Å²) in [6.45, 7) is 0.554. The Morgan fingerprint density at radius 1 is 1.09 bits per heavy atom. The second-order valence-corrected chi connectivity index (χ2v) is 5.46. The van der Waals surface area contributed by atoms with Crippen LogP contribution in [0.15, 0.2) is 18.2 Å². The van der Waals surface area contributed by atoms with Gasteiger partial charge in [0.1, 0.15) is 0 Å². The molecule has 0 atom stereocenters. The van der Waals surface area contributed by atoms with Crippen LogP contribution in [-0.2, 0) is 6.42 Å². The molecular weight excluding hydrogens is 282 g/mol. The van der Waals surface area contributed by atoms with E-state index in [9.17, 15) is 9.90 Å². The van der Waals surface area contributed by atoms with E-state index in [1.54, 1.807) is 13.2 Å². The number of hydrogen-bond donors (Lipinski definition) is 3. The number of benzene rings is 1. The lowest BCUT2D eigenvalue weighted by Crippen LogP contribution is -2.21. The summed E-state index contributed by atoms with van der Waals surface area (Å²) in [5, 5.41) is 20.3. The van der Waals surface area contributed by atoms with Crippen LogP contribution in [0.25, 0.3) is 0 Å². The first-order valence-corrected chi connectivity index (χ1v) is 7.96.